The van der Waals surface area contributed by atoms with Gasteiger partial charge in [-0.1, -0.05) is 18.2 Å². The molecule has 1 atom stereocenters. The maximum atomic E-state index is 12.5. The molecule has 1 heterocycles. The first-order valence-electron chi connectivity index (χ1n) is 10.5. The highest BCUT2D eigenvalue weighted by Gasteiger charge is 2.51. The van der Waals surface area contributed by atoms with Crippen molar-refractivity contribution >= 4 is 13.1 Å². The van der Waals surface area contributed by atoms with Crippen LogP contribution in [0.15, 0.2) is 36.9 Å². The molecule has 1 fully saturated rings. The number of esters is 1. The molecule has 1 aliphatic rings. The molecule has 1 aromatic carbocycles. The number of ether oxygens (including phenoxy) is 1. The highest BCUT2D eigenvalue weighted by Crippen LogP contribution is 2.40. The summed E-state index contributed by atoms with van der Waals surface area (Å²) in [6.45, 7) is 13.3. The zero-order valence-corrected chi connectivity index (χ0v) is 17.6. The first-order valence-corrected chi connectivity index (χ1v) is 9.52. The predicted octanol–water partition coefficient (Wildman–Crippen LogP) is 5.39. The van der Waals surface area contributed by atoms with Crippen LogP contribution >= 0.6 is 0 Å². The van der Waals surface area contributed by atoms with E-state index in [0.717, 1.165) is 5.56 Å². The van der Waals surface area contributed by atoms with E-state index in [9.17, 15) is 4.79 Å². The van der Waals surface area contributed by atoms with E-state index in [1.54, 1.807) is 12.1 Å². The topological polar surface area (TPSA) is 44.8 Å². The number of rotatable bonds is 6. The van der Waals surface area contributed by atoms with Crippen molar-refractivity contribution in [2.45, 2.75) is 83.9 Å². The first-order chi connectivity index (χ1) is 13.2. The van der Waals surface area contributed by atoms with E-state index in [-0.39, 0.29) is 18.4 Å². The average molecular weight is 374 g/mol. The van der Waals surface area contributed by atoms with Crippen molar-refractivity contribution in [3.05, 3.63) is 48.0 Å². The fourth-order valence-electron chi connectivity index (χ4n) is 3.06. The Bertz CT molecular complexity index is 748. The highest BCUT2D eigenvalue weighted by molar-refractivity contribution is 6.45. The molecule has 0 bridgehead atoms. The number of allylic oxidation sites excluding steroid dienone is 1. The summed E-state index contributed by atoms with van der Waals surface area (Å²) in [5.74, 6) is -0.427. The molecule has 5 heteroatoms. The van der Waals surface area contributed by atoms with Gasteiger partial charge in [0.15, 0.2) is 0 Å². The van der Waals surface area contributed by atoms with Crippen LogP contribution in [-0.2, 0) is 14.0 Å². The second-order valence-electron chi connectivity index (χ2n) is 9.19. The molecule has 0 aromatic heterocycles. The fraction of sp³-hybridized carbons (Fsp3) is 0.591. The largest absolute Gasteiger partial charge is 0.458 e. The van der Waals surface area contributed by atoms with Crippen LogP contribution in [0.4, 0.5) is 0 Å². The lowest BCUT2D eigenvalue weighted by molar-refractivity contribution is 0.00578. The smallest absolute Gasteiger partial charge is 0.456 e. The predicted molar refractivity (Wildman–Crippen MR) is 110 cm³/mol. The Morgan fingerprint density at radius 3 is 2.48 bits per heavy atom. The minimum atomic E-state index is -0.566. The van der Waals surface area contributed by atoms with Crippen LogP contribution < -0.4 is 0 Å². The van der Waals surface area contributed by atoms with Crippen molar-refractivity contribution in [2.75, 3.05) is 0 Å². The molecule has 4 nitrogen and oxygen atoms in total. The van der Waals surface area contributed by atoms with Crippen LogP contribution in [0.5, 0.6) is 0 Å². The number of carbonyl (C=O) groups is 1. The molecule has 0 N–H and O–H groups in total. The van der Waals surface area contributed by atoms with Gasteiger partial charge < -0.3 is 14.0 Å². The van der Waals surface area contributed by atoms with Gasteiger partial charge in [-0.25, -0.2) is 4.79 Å². The minimum Gasteiger partial charge on any atom is -0.456 e. The number of hydrogen-bond donors (Lipinski definition) is 0. The molecule has 0 radical (unpaired) electrons. The molecule has 1 saturated heterocycles. The molecule has 0 unspecified atom stereocenters. The number of carbonyl (C=O) groups excluding carboxylic acids is 1. The lowest BCUT2D eigenvalue weighted by Gasteiger charge is -2.32. The lowest BCUT2D eigenvalue weighted by Crippen LogP contribution is -2.41. The third-order valence-corrected chi connectivity index (χ3v) is 5.17. The molecule has 2 rings (SSSR count). The van der Waals surface area contributed by atoms with Gasteiger partial charge in [-0.3, -0.25) is 0 Å². The summed E-state index contributed by atoms with van der Waals surface area (Å²) in [5.41, 5.74) is 0.000115. The Balaban J connectivity index is 2.25. The summed E-state index contributed by atoms with van der Waals surface area (Å²) in [6, 6.07) is 7.34. The van der Waals surface area contributed by atoms with E-state index in [1.165, 1.54) is 0 Å². The van der Waals surface area contributed by atoms with Crippen molar-refractivity contribution in [1.82, 2.24) is 0 Å². The SMILES string of the molecule is [2H]C([2H])=CC[C@@H](CB1OC(C)(C)C(C)(C)O1)c1cccc(C(=O)OC(C)(C)C)c1. The average Bonchev–Trinajstić information content (AvgIpc) is 2.76. The lowest BCUT2D eigenvalue weighted by atomic mass is 9.73. The third kappa shape index (κ3) is 5.46. The Morgan fingerprint density at radius 1 is 1.30 bits per heavy atom. The van der Waals surface area contributed by atoms with Gasteiger partial charge in [-0.2, -0.15) is 0 Å². The molecule has 0 spiro atoms. The van der Waals surface area contributed by atoms with Crippen molar-refractivity contribution in [3.8, 4) is 0 Å². The van der Waals surface area contributed by atoms with E-state index in [0.29, 0.717) is 18.3 Å². The van der Waals surface area contributed by atoms with Gasteiger partial charge in [0.1, 0.15) is 5.60 Å². The summed E-state index contributed by atoms with van der Waals surface area (Å²) in [4.78, 5) is 12.5. The maximum absolute atomic E-state index is 12.5. The molecule has 27 heavy (non-hydrogen) atoms. The van der Waals surface area contributed by atoms with Gasteiger partial charge in [-0.15, -0.1) is 6.53 Å². The van der Waals surface area contributed by atoms with E-state index in [2.05, 4.69) is 0 Å². The summed E-state index contributed by atoms with van der Waals surface area (Å²) in [5, 5.41) is 0. The molecule has 0 aliphatic carbocycles. The standard InChI is InChI=1S/C22H33BO4/c1-9-11-18(15-23-26-21(5,6)22(7,8)27-23)16-12-10-13-17(14-16)19(24)25-20(2,3)4/h9-10,12-14,18H,1,11,15H2,2-8H3/t18-/m0/s1/i1D2. The van der Waals surface area contributed by atoms with Crippen LogP contribution in [0.25, 0.3) is 0 Å². The second kappa shape index (κ2) is 7.80. The monoisotopic (exact) mass is 374 g/mol. The van der Waals surface area contributed by atoms with Crippen molar-refractivity contribution in [1.29, 1.82) is 0 Å². The van der Waals surface area contributed by atoms with E-state index in [4.69, 9.17) is 16.8 Å². The third-order valence-electron chi connectivity index (χ3n) is 5.17. The van der Waals surface area contributed by atoms with Gasteiger partial charge in [0, 0.05) is 0 Å². The van der Waals surface area contributed by atoms with Crippen LogP contribution in [-0.4, -0.2) is 29.9 Å². The molecule has 0 amide bonds. The summed E-state index contributed by atoms with van der Waals surface area (Å²) >= 11 is 0. The zero-order valence-electron chi connectivity index (χ0n) is 19.6. The van der Waals surface area contributed by atoms with Crippen molar-refractivity contribution in [2.24, 2.45) is 0 Å². The van der Waals surface area contributed by atoms with Crippen LogP contribution in [0, 0.1) is 0 Å². The summed E-state index contributed by atoms with van der Waals surface area (Å²) in [7, 11) is -0.400. The Morgan fingerprint density at radius 2 is 1.93 bits per heavy atom. The Hall–Kier alpha value is -1.59. The second-order valence-corrected chi connectivity index (χ2v) is 9.19. The summed E-state index contributed by atoms with van der Waals surface area (Å²) < 4.78 is 32.6. The Kier molecular flexibility index (Phi) is 5.42. The van der Waals surface area contributed by atoms with Gasteiger partial charge in [0.2, 0.25) is 0 Å². The Labute approximate surface area is 167 Å². The molecule has 148 valence electrons. The van der Waals surface area contributed by atoms with E-state index >= 15 is 0 Å². The highest BCUT2D eigenvalue weighted by atomic mass is 16.7. The molecular formula is C22H33BO4. The van der Waals surface area contributed by atoms with Gasteiger partial charge in [-0.05, 0) is 84.8 Å². The molecule has 1 aliphatic heterocycles. The maximum Gasteiger partial charge on any atom is 0.458 e. The van der Waals surface area contributed by atoms with Gasteiger partial charge in [0.05, 0.1) is 19.5 Å². The van der Waals surface area contributed by atoms with Crippen molar-refractivity contribution in [3.63, 3.8) is 0 Å². The van der Waals surface area contributed by atoms with Gasteiger partial charge >= 0.3 is 13.1 Å². The summed E-state index contributed by atoms with van der Waals surface area (Å²) in [6.07, 6.45) is 2.62. The minimum absolute atomic E-state index is 0.0576. The molecule has 0 saturated carbocycles. The fourth-order valence-corrected chi connectivity index (χ4v) is 3.06. The van der Waals surface area contributed by atoms with Crippen LogP contribution in [0.3, 0.4) is 0 Å². The van der Waals surface area contributed by atoms with E-state index in [1.807, 2.05) is 66.7 Å². The van der Waals surface area contributed by atoms with Crippen LogP contribution in [0.2, 0.25) is 6.32 Å². The molecule has 1 aromatic rings. The quantitative estimate of drug-likeness (QED) is 0.380. The van der Waals surface area contributed by atoms with Crippen molar-refractivity contribution < 1.29 is 21.6 Å². The van der Waals surface area contributed by atoms with E-state index < -0.39 is 23.9 Å². The number of hydrogen-bond acceptors (Lipinski definition) is 4. The van der Waals surface area contributed by atoms with Gasteiger partial charge in [0.25, 0.3) is 0 Å². The normalized spacial score (nSPS) is 20.5. The first kappa shape index (κ1) is 18.8. The number of benzene rings is 1. The zero-order chi connectivity index (χ0) is 22.0. The molecular weight excluding hydrogens is 339 g/mol. The van der Waals surface area contributed by atoms with Crippen LogP contribution in [0.1, 0.15) is 79.5 Å².